The largest absolute Gasteiger partial charge is 0.497 e. The van der Waals surface area contributed by atoms with Crippen LogP contribution in [-0.2, 0) is 4.79 Å². The fourth-order valence-corrected chi connectivity index (χ4v) is 1.71. The smallest absolute Gasteiger partial charge is 0.263 e. The molecule has 1 aromatic carbocycles. The van der Waals surface area contributed by atoms with Crippen LogP contribution in [0, 0.1) is 11.3 Å². The van der Waals surface area contributed by atoms with Gasteiger partial charge in [-0.05, 0) is 18.6 Å². The SMILES string of the molecule is COc1ccc(N/C=C(/C#N)C(=O)NCCCCl)c(OC)c1. The Kier molecular flexibility index (Phi) is 7.65. The van der Waals surface area contributed by atoms with Crippen LogP contribution in [0.3, 0.4) is 0 Å². The maximum Gasteiger partial charge on any atom is 0.263 e. The molecule has 2 N–H and O–H groups in total. The Morgan fingerprint density at radius 3 is 2.77 bits per heavy atom. The van der Waals surface area contributed by atoms with Crippen LogP contribution in [0.15, 0.2) is 30.0 Å². The molecule has 0 saturated carbocycles. The minimum atomic E-state index is -0.451. The number of hydrogen-bond donors (Lipinski definition) is 2. The number of nitrogens with zero attached hydrogens (tertiary/aromatic N) is 1. The van der Waals surface area contributed by atoms with Crippen LogP contribution in [-0.4, -0.2) is 32.6 Å². The second kappa shape index (κ2) is 9.53. The Balaban J connectivity index is 2.80. The second-order valence-electron chi connectivity index (χ2n) is 4.18. The molecule has 0 spiro atoms. The van der Waals surface area contributed by atoms with E-state index in [1.54, 1.807) is 25.3 Å². The number of halogens is 1. The number of nitriles is 1. The molecule has 0 bridgehead atoms. The highest BCUT2D eigenvalue weighted by Gasteiger charge is 2.09. The summed E-state index contributed by atoms with van der Waals surface area (Å²) >= 11 is 5.53. The molecule has 0 saturated heterocycles. The maximum absolute atomic E-state index is 11.8. The number of nitrogens with one attached hydrogen (secondary N) is 2. The van der Waals surface area contributed by atoms with Crippen LogP contribution in [0.1, 0.15) is 6.42 Å². The minimum Gasteiger partial charge on any atom is -0.497 e. The Bertz CT molecular complexity index is 582. The number of amides is 1. The van der Waals surface area contributed by atoms with E-state index in [1.807, 2.05) is 6.07 Å². The third kappa shape index (κ3) is 5.19. The summed E-state index contributed by atoms with van der Waals surface area (Å²) in [6, 6.07) is 7.02. The van der Waals surface area contributed by atoms with Gasteiger partial charge in [-0.15, -0.1) is 11.6 Å². The summed E-state index contributed by atoms with van der Waals surface area (Å²) in [5.41, 5.74) is 0.581. The van der Waals surface area contributed by atoms with Crippen LogP contribution >= 0.6 is 11.6 Å². The zero-order chi connectivity index (χ0) is 16.4. The van der Waals surface area contributed by atoms with Gasteiger partial charge in [0.05, 0.1) is 19.9 Å². The molecule has 1 amide bonds. The standard InChI is InChI=1S/C15H18ClN3O3/c1-21-12-4-5-13(14(8-12)22-2)19-10-11(9-17)15(20)18-7-3-6-16/h4-5,8,10,19H,3,6-7H2,1-2H3,(H,18,20)/b11-10-. The Morgan fingerprint density at radius 1 is 1.41 bits per heavy atom. The summed E-state index contributed by atoms with van der Waals surface area (Å²) in [6.07, 6.45) is 1.98. The van der Waals surface area contributed by atoms with Crippen LogP contribution < -0.4 is 20.1 Å². The average molecular weight is 324 g/mol. The molecule has 0 heterocycles. The molecule has 0 atom stereocenters. The number of anilines is 1. The molecule has 0 aliphatic rings. The van der Waals surface area contributed by atoms with Crippen LogP contribution in [0.2, 0.25) is 0 Å². The van der Waals surface area contributed by atoms with Crippen molar-refractivity contribution in [3.8, 4) is 17.6 Å². The van der Waals surface area contributed by atoms with Gasteiger partial charge in [0.15, 0.2) is 0 Å². The zero-order valence-corrected chi connectivity index (χ0v) is 13.2. The van der Waals surface area contributed by atoms with Crippen molar-refractivity contribution in [1.29, 1.82) is 5.26 Å². The molecule has 0 aliphatic carbocycles. The first kappa shape index (κ1) is 17.7. The van der Waals surface area contributed by atoms with Crippen molar-refractivity contribution in [3.05, 3.63) is 30.0 Å². The van der Waals surface area contributed by atoms with Crippen LogP contribution in [0.25, 0.3) is 0 Å². The third-order valence-corrected chi connectivity index (χ3v) is 3.01. The molecule has 1 aromatic rings. The van der Waals surface area contributed by atoms with Crippen molar-refractivity contribution in [1.82, 2.24) is 5.32 Å². The normalized spacial score (nSPS) is 10.5. The average Bonchev–Trinajstić information content (AvgIpc) is 2.55. The lowest BCUT2D eigenvalue weighted by atomic mass is 10.2. The van der Waals surface area contributed by atoms with Crippen molar-refractivity contribution >= 4 is 23.2 Å². The highest BCUT2D eigenvalue weighted by atomic mass is 35.5. The lowest BCUT2D eigenvalue weighted by Crippen LogP contribution is -2.26. The quantitative estimate of drug-likeness (QED) is 0.332. The van der Waals surface area contributed by atoms with Crippen molar-refractivity contribution in [2.75, 3.05) is 32.0 Å². The van der Waals surface area contributed by atoms with Gasteiger partial charge in [-0.2, -0.15) is 5.26 Å². The van der Waals surface area contributed by atoms with E-state index in [-0.39, 0.29) is 5.57 Å². The van der Waals surface area contributed by atoms with Gasteiger partial charge in [-0.1, -0.05) is 0 Å². The molecule has 118 valence electrons. The van der Waals surface area contributed by atoms with Gasteiger partial charge >= 0.3 is 0 Å². The van der Waals surface area contributed by atoms with Gasteiger partial charge in [-0.3, -0.25) is 4.79 Å². The van der Waals surface area contributed by atoms with Crippen molar-refractivity contribution < 1.29 is 14.3 Å². The lowest BCUT2D eigenvalue weighted by molar-refractivity contribution is -0.117. The van der Waals surface area contributed by atoms with Gasteiger partial charge in [0.25, 0.3) is 5.91 Å². The molecular formula is C15H18ClN3O3. The van der Waals surface area contributed by atoms with E-state index < -0.39 is 5.91 Å². The molecule has 0 fully saturated rings. The summed E-state index contributed by atoms with van der Waals surface area (Å²) in [6.45, 7) is 0.424. The van der Waals surface area contributed by atoms with Crippen LogP contribution in [0.4, 0.5) is 5.69 Å². The number of ether oxygens (including phenoxy) is 2. The maximum atomic E-state index is 11.8. The van der Waals surface area contributed by atoms with Crippen molar-refractivity contribution in [2.24, 2.45) is 0 Å². The molecule has 0 aromatic heterocycles. The molecule has 7 heteroatoms. The summed E-state index contributed by atoms with van der Waals surface area (Å²) in [5, 5.41) is 14.5. The van der Waals surface area contributed by atoms with E-state index in [2.05, 4.69) is 10.6 Å². The second-order valence-corrected chi connectivity index (χ2v) is 4.56. The van der Waals surface area contributed by atoms with E-state index >= 15 is 0 Å². The molecule has 0 unspecified atom stereocenters. The van der Waals surface area contributed by atoms with Gasteiger partial charge < -0.3 is 20.1 Å². The summed E-state index contributed by atoms with van der Waals surface area (Å²) in [4.78, 5) is 11.8. The van der Waals surface area contributed by atoms with Gasteiger partial charge in [-0.25, -0.2) is 0 Å². The predicted octanol–water partition coefficient (Wildman–Crippen LogP) is 2.27. The van der Waals surface area contributed by atoms with Crippen molar-refractivity contribution in [3.63, 3.8) is 0 Å². The van der Waals surface area contributed by atoms with E-state index in [0.29, 0.717) is 36.0 Å². The number of hydrogen-bond acceptors (Lipinski definition) is 5. The first-order chi connectivity index (χ1) is 10.7. The highest BCUT2D eigenvalue weighted by Crippen LogP contribution is 2.29. The fourth-order valence-electron chi connectivity index (χ4n) is 1.58. The Hall–Kier alpha value is -2.39. The Morgan fingerprint density at radius 2 is 2.18 bits per heavy atom. The number of carbonyl (C=O) groups is 1. The predicted molar refractivity (Wildman–Crippen MR) is 85.2 cm³/mol. The van der Waals surface area contributed by atoms with Crippen LogP contribution in [0.5, 0.6) is 11.5 Å². The van der Waals surface area contributed by atoms with E-state index in [9.17, 15) is 4.79 Å². The van der Waals surface area contributed by atoms with E-state index in [0.717, 1.165) is 0 Å². The molecule has 0 aliphatic heterocycles. The number of methoxy groups -OCH3 is 2. The topological polar surface area (TPSA) is 83.4 Å². The molecule has 1 rings (SSSR count). The molecule has 0 radical (unpaired) electrons. The molecule has 6 nitrogen and oxygen atoms in total. The number of benzene rings is 1. The zero-order valence-electron chi connectivity index (χ0n) is 12.5. The summed E-state index contributed by atoms with van der Waals surface area (Å²) in [7, 11) is 3.08. The summed E-state index contributed by atoms with van der Waals surface area (Å²) < 4.78 is 10.3. The first-order valence-corrected chi connectivity index (χ1v) is 7.12. The van der Waals surface area contributed by atoms with E-state index in [1.165, 1.54) is 13.3 Å². The van der Waals surface area contributed by atoms with Gasteiger partial charge in [0.1, 0.15) is 23.1 Å². The highest BCUT2D eigenvalue weighted by molar-refractivity contribution is 6.17. The Labute approximate surface area is 134 Å². The number of carbonyl (C=O) groups excluding carboxylic acids is 1. The first-order valence-electron chi connectivity index (χ1n) is 6.59. The third-order valence-electron chi connectivity index (χ3n) is 2.74. The van der Waals surface area contributed by atoms with Gasteiger partial charge in [0, 0.05) is 24.7 Å². The lowest BCUT2D eigenvalue weighted by Gasteiger charge is -2.10. The fraction of sp³-hybridized carbons (Fsp3) is 0.333. The monoisotopic (exact) mass is 323 g/mol. The van der Waals surface area contributed by atoms with Crippen molar-refractivity contribution in [2.45, 2.75) is 6.42 Å². The van der Waals surface area contributed by atoms with Gasteiger partial charge in [0.2, 0.25) is 0 Å². The minimum absolute atomic E-state index is 0.0348. The summed E-state index contributed by atoms with van der Waals surface area (Å²) in [5.74, 6) is 1.18. The van der Waals surface area contributed by atoms with E-state index in [4.69, 9.17) is 26.3 Å². The number of alkyl halides is 1. The molecular weight excluding hydrogens is 306 g/mol. The number of rotatable bonds is 8. The molecule has 22 heavy (non-hydrogen) atoms.